The molecule has 0 saturated carbocycles. The molecule has 0 aliphatic rings. The van der Waals surface area contributed by atoms with Crippen LogP contribution in [0, 0.1) is 5.92 Å². The Bertz CT molecular complexity index is 788. The van der Waals surface area contributed by atoms with E-state index < -0.39 is 29.7 Å². The molecule has 0 fully saturated rings. The third kappa shape index (κ3) is 4.79. The number of esters is 1. The predicted molar refractivity (Wildman–Crippen MR) is 94.8 cm³/mol. The van der Waals surface area contributed by atoms with Crippen LogP contribution < -0.4 is 11.1 Å². The van der Waals surface area contributed by atoms with Gasteiger partial charge in [0.1, 0.15) is 6.04 Å². The Morgan fingerprint density at radius 2 is 1.80 bits per heavy atom. The van der Waals surface area contributed by atoms with Crippen molar-refractivity contribution in [3.05, 3.63) is 48.0 Å². The average Bonchev–Trinajstić information content (AvgIpc) is 2.58. The summed E-state index contributed by atoms with van der Waals surface area (Å²) in [4.78, 5) is 35.8. The van der Waals surface area contributed by atoms with E-state index in [1.54, 1.807) is 26.0 Å². The predicted octanol–water partition coefficient (Wildman–Crippen LogP) is 2.01. The first-order valence-corrected chi connectivity index (χ1v) is 8.17. The fourth-order valence-electron chi connectivity index (χ4n) is 2.65. The standard InChI is InChI=1S/C19H22N2O4/c1-3-25-16(22)10-12(2)17(18(20)23)21-19(24)15-9-8-13-6-4-5-7-14(13)11-15/h4-9,11-12,17H,3,10H2,1-2H3,(H2,20,23)(H,21,24)/t12-,17+/m0/s1. The smallest absolute Gasteiger partial charge is 0.306 e. The molecule has 0 saturated heterocycles. The van der Waals surface area contributed by atoms with Crippen molar-refractivity contribution in [2.75, 3.05) is 6.61 Å². The SMILES string of the molecule is CCOC(=O)C[C@H](C)[C@@H](NC(=O)c1ccc2ccccc2c1)C(N)=O. The maximum atomic E-state index is 12.5. The monoisotopic (exact) mass is 342 g/mol. The van der Waals surface area contributed by atoms with Crippen LogP contribution in [0.2, 0.25) is 0 Å². The summed E-state index contributed by atoms with van der Waals surface area (Å²) in [6.07, 6.45) is -0.000549. The Morgan fingerprint density at radius 3 is 2.44 bits per heavy atom. The van der Waals surface area contributed by atoms with E-state index in [0.717, 1.165) is 10.8 Å². The van der Waals surface area contributed by atoms with Crippen LogP contribution in [0.3, 0.4) is 0 Å². The minimum atomic E-state index is -0.955. The molecule has 0 spiro atoms. The normalized spacial score (nSPS) is 13.0. The van der Waals surface area contributed by atoms with Gasteiger partial charge in [0.15, 0.2) is 0 Å². The Morgan fingerprint density at radius 1 is 1.12 bits per heavy atom. The number of nitrogens with one attached hydrogen (secondary N) is 1. The van der Waals surface area contributed by atoms with Crippen LogP contribution in [0.25, 0.3) is 10.8 Å². The number of primary amides is 1. The molecule has 0 aromatic heterocycles. The van der Waals surface area contributed by atoms with Crippen LogP contribution in [-0.4, -0.2) is 30.4 Å². The lowest BCUT2D eigenvalue weighted by Crippen LogP contribution is -2.49. The quantitative estimate of drug-likeness (QED) is 0.752. The third-order valence-electron chi connectivity index (χ3n) is 3.97. The van der Waals surface area contributed by atoms with Gasteiger partial charge in [-0.2, -0.15) is 0 Å². The third-order valence-corrected chi connectivity index (χ3v) is 3.97. The second-order valence-corrected chi connectivity index (χ2v) is 5.90. The van der Waals surface area contributed by atoms with Gasteiger partial charge in [-0.15, -0.1) is 0 Å². The summed E-state index contributed by atoms with van der Waals surface area (Å²) in [5.74, 6) is -2.00. The molecule has 132 valence electrons. The summed E-state index contributed by atoms with van der Waals surface area (Å²) >= 11 is 0. The lowest BCUT2D eigenvalue weighted by molar-refractivity contribution is -0.144. The van der Waals surface area contributed by atoms with Crippen molar-refractivity contribution in [2.45, 2.75) is 26.3 Å². The highest BCUT2D eigenvalue weighted by Crippen LogP contribution is 2.16. The molecule has 0 unspecified atom stereocenters. The molecule has 2 aromatic carbocycles. The summed E-state index contributed by atoms with van der Waals surface area (Å²) in [6.45, 7) is 3.64. The fourth-order valence-corrected chi connectivity index (χ4v) is 2.65. The number of rotatable bonds is 7. The molecule has 0 heterocycles. The van der Waals surface area contributed by atoms with Crippen LogP contribution in [0.5, 0.6) is 0 Å². The zero-order valence-electron chi connectivity index (χ0n) is 14.3. The summed E-state index contributed by atoms with van der Waals surface area (Å²) in [7, 11) is 0. The van der Waals surface area contributed by atoms with Crippen LogP contribution in [0.15, 0.2) is 42.5 Å². The van der Waals surface area contributed by atoms with E-state index >= 15 is 0 Å². The summed E-state index contributed by atoms with van der Waals surface area (Å²) in [5.41, 5.74) is 5.82. The van der Waals surface area contributed by atoms with Crippen molar-refractivity contribution in [1.82, 2.24) is 5.32 Å². The van der Waals surface area contributed by atoms with E-state index in [2.05, 4.69) is 5.32 Å². The number of hydrogen-bond acceptors (Lipinski definition) is 4. The molecule has 0 aliphatic carbocycles. The first-order valence-electron chi connectivity index (χ1n) is 8.17. The molecule has 2 rings (SSSR count). The van der Waals surface area contributed by atoms with Crippen LogP contribution in [0.4, 0.5) is 0 Å². The maximum absolute atomic E-state index is 12.5. The number of ether oxygens (including phenoxy) is 1. The Balaban J connectivity index is 2.13. The first kappa shape index (κ1) is 18.4. The molecular formula is C19H22N2O4. The van der Waals surface area contributed by atoms with E-state index in [0.29, 0.717) is 5.56 Å². The Hall–Kier alpha value is -2.89. The number of nitrogens with two attached hydrogens (primary N) is 1. The molecule has 3 N–H and O–H groups in total. The second kappa shape index (κ2) is 8.28. The molecule has 6 nitrogen and oxygen atoms in total. The van der Waals surface area contributed by atoms with Crippen molar-refractivity contribution < 1.29 is 19.1 Å². The van der Waals surface area contributed by atoms with Gasteiger partial charge in [-0.3, -0.25) is 14.4 Å². The molecule has 25 heavy (non-hydrogen) atoms. The highest BCUT2D eigenvalue weighted by molar-refractivity contribution is 6.00. The number of carbonyl (C=O) groups excluding carboxylic acids is 3. The molecule has 0 aliphatic heterocycles. The van der Waals surface area contributed by atoms with E-state index in [1.807, 2.05) is 30.3 Å². The lowest BCUT2D eigenvalue weighted by atomic mass is 9.97. The average molecular weight is 342 g/mol. The van der Waals surface area contributed by atoms with Gasteiger partial charge < -0.3 is 15.8 Å². The molecule has 0 radical (unpaired) electrons. The van der Waals surface area contributed by atoms with E-state index in [4.69, 9.17) is 10.5 Å². The zero-order chi connectivity index (χ0) is 18.4. The number of amides is 2. The first-order chi connectivity index (χ1) is 11.9. The Labute approximate surface area is 146 Å². The van der Waals surface area contributed by atoms with Gasteiger partial charge in [0.05, 0.1) is 13.0 Å². The molecule has 6 heteroatoms. The number of benzene rings is 2. The molecule has 2 amide bonds. The second-order valence-electron chi connectivity index (χ2n) is 5.90. The number of fused-ring (bicyclic) bond motifs is 1. The lowest BCUT2D eigenvalue weighted by Gasteiger charge is -2.21. The minimum absolute atomic E-state index is 0.000549. The van der Waals surface area contributed by atoms with Gasteiger partial charge in [0.2, 0.25) is 5.91 Å². The molecule has 0 bridgehead atoms. The Kier molecular flexibility index (Phi) is 6.11. The molecular weight excluding hydrogens is 320 g/mol. The largest absolute Gasteiger partial charge is 0.466 e. The maximum Gasteiger partial charge on any atom is 0.306 e. The van der Waals surface area contributed by atoms with Crippen molar-refractivity contribution in [3.63, 3.8) is 0 Å². The van der Waals surface area contributed by atoms with E-state index in [9.17, 15) is 14.4 Å². The van der Waals surface area contributed by atoms with Crippen LogP contribution >= 0.6 is 0 Å². The highest BCUT2D eigenvalue weighted by Gasteiger charge is 2.27. The van der Waals surface area contributed by atoms with Crippen molar-refractivity contribution in [3.8, 4) is 0 Å². The van der Waals surface area contributed by atoms with Crippen molar-refractivity contribution >= 4 is 28.6 Å². The van der Waals surface area contributed by atoms with E-state index in [-0.39, 0.29) is 13.0 Å². The van der Waals surface area contributed by atoms with E-state index in [1.165, 1.54) is 0 Å². The van der Waals surface area contributed by atoms with Gasteiger partial charge >= 0.3 is 5.97 Å². The van der Waals surface area contributed by atoms with Gasteiger partial charge in [-0.25, -0.2) is 0 Å². The van der Waals surface area contributed by atoms with Crippen molar-refractivity contribution in [2.24, 2.45) is 11.7 Å². The molecule has 2 atom stereocenters. The van der Waals surface area contributed by atoms with Crippen LogP contribution in [-0.2, 0) is 14.3 Å². The van der Waals surface area contributed by atoms with Gasteiger partial charge in [0.25, 0.3) is 5.91 Å². The minimum Gasteiger partial charge on any atom is -0.466 e. The van der Waals surface area contributed by atoms with Gasteiger partial charge in [0, 0.05) is 5.56 Å². The fraction of sp³-hybridized carbons (Fsp3) is 0.316. The van der Waals surface area contributed by atoms with Gasteiger partial charge in [-0.05, 0) is 35.7 Å². The summed E-state index contributed by atoms with van der Waals surface area (Å²) < 4.78 is 4.88. The number of carbonyl (C=O) groups is 3. The topological polar surface area (TPSA) is 98.5 Å². The molecule has 2 aromatic rings. The summed E-state index contributed by atoms with van der Waals surface area (Å²) in [5, 5.41) is 4.56. The highest BCUT2D eigenvalue weighted by atomic mass is 16.5. The number of hydrogen-bond donors (Lipinski definition) is 2. The van der Waals surface area contributed by atoms with Gasteiger partial charge in [-0.1, -0.05) is 37.3 Å². The zero-order valence-corrected chi connectivity index (χ0v) is 14.3. The van der Waals surface area contributed by atoms with Crippen LogP contribution in [0.1, 0.15) is 30.6 Å². The van der Waals surface area contributed by atoms with Crippen molar-refractivity contribution in [1.29, 1.82) is 0 Å². The summed E-state index contributed by atoms with van der Waals surface area (Å²) in [6, 6.07) is 12.0.